The van der Waals surface area contributed by atoms with E-state index in [0.717, 1.165) is 26.4 Å². The predicted molar refractivity (Wildman–Crippen MR) is 240 cm³/mol. The Labute approximate surface area is 408 Å². The van der Waals surface area contributed by atoms with Crippen molar-refractivity contribution in [2.24, 2.45) is 50.2 Å². The van der Waals surface area contributed by atoms with Gasteiger partial charge in [-0.05, 0) is 99.2 Å². The molecule has 0 spiro atoms. The van der Waals surface area contributed by atoms with Gasteiger partial charge in [-0.1, -0.05) is 46.3 Å². The zero-order valence-corrected chi connectivity index (χ0v) is 41.8. The van der Waals surface area contributed by atoms with Gasteiger partial charge < -0.3 is 83.9 Å². The van der Waals surface area contributed by atoms with Gasteiger partial charge in [-0.15, -0.1) is 0 Å². The second kappa shape index (κ2) is 19.2. The third-order valence-electron chi connectivity index (χ3n) is 19.9. The van der Waals surface area contributed by atoms with Gasteiger partial charge in [-0.3, -0.25) is 9.59 Å². The minimum absolute atomic E-state index is 0.102. The number of allylic oxidation sites excluding steroid dienone is 2. The summed E-state index contributed by atoms with van der Waals surface area (Å²) >= 11 is 0. The fourth-order valence-electron chi connectivity index (χ4n) is 15.2. The van der Waals surface area contributed by atoms with Crippen molar-refractivity contribution in [1.82, 2.24) is 0 Å². The van der Waals surface area contributed by atoms with Crippen molar-refractivity contribution < 1.29 is 98.2 Å². The molecule has 0 unspecified atom stereocenters. The van der Waals surface area contributed by atoms with E-state index in [1.807, 2.05) is 13.8 Å². The molecule has 20 heteroatoms. The molecule has 0 aromatic heterocycles. The fourth-order valence-corrected chi connectivity index (χ4v) is 15.2. The Balaban J connectivity index is 1.09. The molecule has 0 bridgehead atoms. The number of fused-ring (bicyclic) bond motifs is 7. The Morgan fingerprint density at radius 1 is 0.700 bits per heavy atom. The van der Waals surface area contributed by atoms with Crippen molar-refractivity contribution in [3.05, 3.63) is 11.6 Å². The van der Waals surface area contributed by atoms with Crippen LogP contribution in [-0.4, -0.2) is 189 Å². The molecule has 4 saturated carbocycles. The highest BCUT2D eigenvalue weighted by Crippen LogP contribution is 2.75. The average Bonchev–Trinajstić information content (AvgIpc) is 3.32. The Kier molecular flexibility index (Phi) is 14.8. The molecular formula is C50H78O20. The van der Waals surface area contributed by atoms with Crippen LogP contribution in [0.1, 0.15) is 106 Å². The van der Waals surface area contributed by atoms with Gasteiger partial charge in [0.05, 0.1) is 45.1 Å². The minimum atomic E-state index is -1.98. The first kappa shape index (κ1) is 54.0. The van der Waals surface area contributed by atoms with Crippen molar-refractivity contribution in [3.8, 4) is 0 Å². The quantitative estimate of drug-likeness (QED) is 0.0800. The summed E-state index contributed by atoms with van der Waals surface area (Å²) in [5.74, 6) is -1.42. The Morgan fingerprint density at radius 3 is 1.97 bits per heavy atom. The highest BCUT2D eigenvalue weighted by Gasteiger charge is 2.70. The number of aliphatic hydroxyl groups excluding tert-OH is 9. The minimum Gasteiger partial charge on any atom is -0.469 e. The maximum absolute atomic E-state index is 14.0. The second-order valence-electron chi connectivity index (χ2n) is 23.5. The lowest BCUT2D eigenvalue weighted by Gasteiger charge is -2.71. The fraction of sp³-hybridized carbons (Fsp3) is 0.900. The van der Waals surface area contributed by atoms with Crippen molar-refractivity contribution in [2.75, 3.05) is 27.4 Å². The molecule has 0 radical (unpaired) electrons. The molecule has 3 saturated heterocycles. The van der Waals surface area contributed by atoms with E-state index in [9.17, 15) is 60.3 Å². The summed E-state index contributed by atoms with van der Waals surface area (Å²) in [4.78, 5) is 40.3. The summed E-state index contributed by atoms with van der Waals surface area (Å²) in [6, 6.07) is 0. The van der Waals surface area contributed by atoms with Crippen molar-refractivity contribution >= 4 is 17.7 Å². The number of hydrogen-bond acceptors (Lipinski definition) is 20. The monoisotopic (exact) mass is 999 g/mol. The number of carbonyl (C=O) groups excluding carboxylic acids is 3. The number of Topliss-reactive ketones (excluding diaryl/α,β-unsaturated/α-hetero) is 1. The zero-order chi connectivity index (χ0) is 51.4. The van der Waals surface area contributed by atoms with E-state index in [-0.39, 0.29) is 58.8 Å². The Morgan fingerprint density at radius 2 is 1.34 bits per heavy atom. The smallest absolute Gasteiger partial charge is 0.337 e. The lowest BCUT2D eigenvalue weighted by Crippen LogP contribution is -2.68. The van der Waals surface area contributed by atoms with Gasteiger partial charge in [0.1, 0.15) is 66.8 Å². The SMILES string of the molecule is COC(=O)[C@H]1O[C@@H](O[C@H]2CC[C@@]3(C)[C@@H](CC[C@]4(C)[C@@H]3CC=C3[C@@H]5C[C@@](C)(C(=O)OC)CC(=O)[C@]5(C)CC[C@]34C)[C@@]2(C)CO)[C@H](O[C@@H]2O[C@H](CO)[C@H](O)[C@H](O)[C@H]2O[C@@H]2O[C@@H](C)[C@H](O)[C@@H](O)[C@H]2O)[C@@H](O)[C@@H]1O. The van der Waals surface area contributed by atoms with E-state index < -0.39 is 127 Å². The van der Waals surface area contributed by atoms with Crippen molar-refractivity contribution in [2.45, 2.75) is 204 Å². The molecule has 7 fully saturated rings. The molecule has 70 heavy (non-hydrogen) atoms. The number of aliphatic hydroxyl groups is 9. The van der Waals surface area contributed by atoms with Crippen LogP contribution in [0.3, 0.4) is 0 Å². The topological polar surface area (TPSA) is 307 Å². The van der Waals surface area contributed by atoms with E-state index in [1.165, 1.54) is 19.6 Å². The zero-order valence-electron chi connectivity index (χ0n) is 41.8. The number of ether oxygens (including phenoxy) is 8. The highest BCUT2D eigenvalue weighted by atomic mass is 16.8. The summed E-state index contributed by atoms with van der Waals surface area (Å²) in [5.41, 5.74) is -2.11. The van der Waals surface area contributed by atoms with E-state index >= 15 is 0 Å². The van der Waals surface area contributed by atoms with Crippen LogP contribution >= 0.6 is 0 Å². The highest BCUT2D eigenvalue weighted by molar-refractivity contribution is 5.92. The number of methoxy groups -OCH3 is 2. The van der Waals surface area contributed by atoms with Crippen LogP contribution in [0.25, 0.3) is 0 Å². The maximum Gasteiger partial charge on any atom is 0.337 e. The van der Waals surface area contributed by atoms with Crippen LogP contribution in [0, 0.1) is 50.2 Å². The number of esters is 2. The van der Waals surface area contributed by atoms with Gasteiger partial charge in [0.2, 0.25) is 0 Å². The molecule has 25 atom stereocenters. The normalized spacial score (nSPS) is 53.6. The summed E-state index contributed by atoms with van der Waals surface area (Å²) in [6.45, 7) is 13.1. The molecule has 0 aromatic rings. The summed E-state index contributed by atoms with van der Waals surface area (Å²) in [6.07, 6.45) is -19.0. The number of carbonyl (C=O) groups is 3. The molecule has 398 valence electrons. The standard InChI is InChI=1S/C50H78O20/c1-22-30(54)32(56)36(60)41(65-22)69-38-33(57)31(55)25(20-51)66-42(38)70-39-35(59)34(58)37(40(61)63-8)68-43(39)67-29-13-14-47(4)26(48(29,5)21-52)12-15-50(7)27(47)11-10-23-24-18-45(2,44(62)64-9)19-28(53)46(24,3)16-17-49(23,50)6/h10,22,24-27,29-39,41-43,51-52,54-60H,11-21H2,1-9H3/t22-,24-,25+,26+,27+,29-,30-,31-,32+,33-,34-,35-,36+,37-,38+,39+,41-,42-,43+,45+,46+,47-,48+,49+,50+/m0/s1. The summed E-state index contributed by atoms with van der Waals surface area (Å²) < 4.78 is 46.8. The molecular weight excluding hydrogens is 921 g/mol. The largest absolute Gasteiger partial charge is 0.469 e. The van der Waals surface area contributed by atoms with Gasteiger partial charge >= 0.3 is 11.9 Å². The van der Waals surface area contributed by atoms with E-state index in [4.69, 9.17) is 37.9 Å². The molecule has 3 heterocycles. The third kappa shape index (κ3) is 8.16. The first-order valence-corrected chi connectivity index (χ1v) is 25.1. The summed E-state index contributed by atoms with van der Waals surface area (Å²) in [5, 5.41) is 98.8. The predicted octanol–water partition coefficient (Wildman–Crippen LogP) is 0.154. The van der Waals surface area contributed by atoms with Gasteiger partial charge in [0.15, 0.2) is 25.0 Å². The van der Waals surface area contributed by atoms with Crippen LogP contribution in [0.5, 0.6) is 0 Å². The molecule has 9 N–H and O–H groups in total. The van der Waals surface area contributed by atoms with E-state index in [1.54, 1.807) is 0 Å². The lowest BCUT2D eigenvalue weighted by atomic mass is 9.33. The molecule has 3 aliphatic heterocycles. The van der Waals surface area contributed by atoms with Crippen molar-refractivity contribution in [1.29, 1.82) is 0 Å². The van der Waals surface area contributed by atoms with Crippen LogP contribution in [-0.2, 0) is 52.3 Å². The molecule has 8 aliphatic rings. The summed E-state index contributed by atoms with van der Waals surface area (Å²) in [7, 11) is 2.45. The van der Waals surface area contributed by atoms with Crippen LogP contribution in [0.2, 0.25) is 0 Å². The van der Waals surface area contributed by atoms with Gasteiger partial charge in [0.25, 0.3) is 0 Å². The molecule has 8 rings (SSSR count). The molecule has 0 aromatic carbocycles. The number of hydrogen-bond donors (Lipinski definition) is 9. The van der Waals surface area contributed by atoms with Gasteiger partial charge in [-0.2, -0.15) is 0 Å². The maximum atomic E-state index is 14.0. The Bertz CT molecular complexity index is 2000. The molecule has 0 amide bonds. The first-order valence-electron chi connectivity index (χ1n) is 25.1. The molecule has 20 nitrogen and oxygen atoms in total. The van der Waals surface area contributed by atoms with Crippen LogP contribution in [0.4, 0.5) is 0 Å². The third-order valence-corrected chi connectivity index (χ3v) is 19.9. The first-order chi connectivity index (χ1) is 32.7. The number of ketones is 1. The lowest BCUT2D eigenvalue weighted by molar-refractivity contribution is -0.396. The molecule has 5 aliphatic carbocycles. The second-order valence-corrected chi connectivity index (χ2v) is 23.5. The van der Waals surface area contributed by atoms with Gasteiger partial charge in [0, 0.05) is 17.3 Å². The Hall–Kier alpha value is -2.25. The van der Waals surface area contributed by atoms with Gasteiger partial charge in [-0.25, -0.2) is 4.79 Å². The van der Waals surface area contributed by atoms with Crippen LogP contribution < -0.4 is 0 Å². The van der Waals surface area contributed by atoms with E-state index in [0.29, 0.717) is 32.1 Å². The number of rotatable bonds is 10. The van der Waals surface area contributed by atoms with Crippen LogP contribution in [0.15, 0.2) is 11.6 Å². The van der Waals surface area contributed by atoms with E-state index in [2.05, 4.69) is 33.8 Å². The average molecular weight is 999 g/mol. The van der Waals surface area contributed by atoms with Crippen molar-refractivity contribution in [3.63, 3.8) is 0 Å².